The van der Waals surface area contributed by atoms with Gasteiger partial charge in [0, 0.05) is 0 Å². The number of hydrogen-bond acceptors (Lipinski definition) is 4. The third-order valence-electron chi connectivity index (χ3n) is 2.12. The standard InChI is InChI=1S/C10H7NO5/c12-8-5-16-10(15)11(8)7-3-1-6(2-4-7)9(13)14/h1-4H,5H2,(H,13,14). The maximum absolute atomic E-state index is 11.3. The van der Waals surface area contributed by atoms with Crippen molar-refractivity contribution in [3.63, 3.8) is 0 Å². The predicted octanol–water partition coefficient (Wildman–Crippen LogP) is 0.868. The number of cyclic esters (lactones) is 1. The third kappa shape index (κ3) is 1.60. The van der Waals surface area contributed by atoms with Crippen molar-refractivity contribution >= 4 is 23.7 Å². The zero-order valence-corrected chi connectivity index (χ0v) is 8.04. The average Bonchev–Trinajstić information content (AvgIpc) is 2.59. The predicted molar refractivity (Wildman–Crippen MR) is 52.2 cm³/mol. The summed E-state index contributed by atoms with van der Waals surface area (Å²) in [6.07, 6.45) is -0.743. The molecule has 0 aromatic heterocycles. The molecule has 0 spiro atoms. The number of imide groups is 1. The van der Waals surface area contributed by atoms with Gasteiger partial charge in [0.15, 0.2) is 6.61 Å². The molecular weight excluding hydrogens is 214 g/mol. The van der Waals surface area contributed by atoms with Crippen LogP contribution in [0, 0.1) is 0 Å². The van der Waals surface area contributed by atoms with Crippen molar-refractivity contribution in [3.8, 4) is 0 Å². The molecule has 1 aliphatic heterocycles. The molecule has 6 nitrogen and oxygen atoms in total. The molecule has 1 aromatic rings. The summed E-state index contributed by atoms with van der Waals surface area (Å²) in [7, 11) is 0. The summed E-state index contributed by atoms with van der Waals surface area (Å²) in [4.78, 5) is 33.9. The Labute approximate surface area is 90.0 Å². The first kappa shape index (κ1) is 10.2. The van der Waals surface area contributed by atoms with Crippen molar-refractivity contribution < 1.29 is 24.2 Å². The quantitative estimate of drug-likeness (QED) is 0.800. The fourth-order valence-electron chi connectivity index (χ4n) is 1.36. The Morgan fingerprint density at radius 1 is 1.25 bits per heavy atom. The van der Waals surface area contributed by atoms with Crippen molar-refractivity contribution in [1.82, 2.24) is 0 Å². The van der Waals surface area contributed by atoms with Gasteiger partial charge in [0.05, 0.1) is 11.3 Å². The minimum absolute atomic E-state index is 0.0868. The van der Waals surface area contributed by atoms with Gasteiger partial charge in [-0.3, -0.25) is 4.79 Å². The highest BCUT2D eigenvalue weighted by atomic mass is 16.6. The number of carboxylic acid groups (broad SMARTS) is 1. The molecule has 0 saturated carbocycles. The van der Waals surface area contributed by atoms with E-state index in [2.05, 4.69) is 4.74 Å². The van der Waals surface area contributed by atoms with Gasteiger partial charge in [-0.1, -0.05) is 0 Å². The summed E-state index contributed by atoms with van der Waals surface area (Å²) in [6, 6.07) is 5.40. The van der Waals surface area contributed by atoms with Gasteiger partial charge in [0.2, 0.25) is 0 Å². The van der Waals surface area contributed by atoms with Crippen molar-refractivity contribution in [3.05, 3.63) is 29.8 Å². The fourth-order valence-corrected chi connectivity index (χ4v) is 1.36. The van der Waals surface area contributed by atoms with Crippen LogP contribution in [0.1, 0.15) is 10.4 Å². The van der Waals surface area contributed by atoms with Crippen LogP contribution in [0.25, 0.3) is 0 Å². The molecule has 1 aliphatic rings. The molecule has 82 valence electrons. The number of carboxylic acids is 1. The Bertz CT molecular complexity index is 449. The van der Waals surface area contributed by atoms with E-state index >= 15 is 0 Å². The summed E-state index contributed by atoms with van der Waals surface area (Å²) >= 11 is 0. The average molecular weight is 221 g/mol. The number of amides is 2. The van der Waals surface area contributed by atoms with E-state index in [1.54, 1.807) is 0 Å². The molecule has 0 bridgehead atoms. The van der Waals surface area contributed by atoms with Crippen LogP contribution in [0.5, 0.6) is 0 Å². The maximum atomic E-state index is 11.3. The van der Waals surface area contributed by atoms with E-state index in [9.17, 15) is 14.4 Å². The molecule has 1 N–H and O–H groups in total. The largest absolute Gasteiger partial charge is 0.478 e. The van der Waals surface area contributed by atoms with Gasteiger partial charge in [-0.2, -0.15) is 0 Å². The summed E-state index contributed by atoms with van der Waals surface area (Å²) in [5.41, 5.74) is 0.390. The molecule has 0 aliphatic carbocycles. The monoisotopic (exact) mass is 221 g/mol. The van der Waals surface area contributed by atoms with Gasteiger partial charge in [0.25, 0.3) is 5.91 Å². The summed E-state index contributed by atoms with van der Waals surface area (Å²) in [5.74, 6) is -1.53. The lowest BCUT2D eigenvalue weighted by atomic mass is 10.2. The van der Waals surface area contributed by atoms with Crippen LogP contribution in [0.4, 0.5) is 10.5 Å². The van der Waals surface area contributed by atoms with Crippen LogP contribution in [0.3, 0.4) is 0 Å². The molecule has 0 atom stereocenters. The molecule has 0 unspecified atom stereocenters. The molecule has 2 rings (SSSR count). The third-order valence-corrected chi connectivity index (χ3v) is 2.12. The van der Waals surface area contributed by atoms with Gasteiger partial charge in [0.1, 0.15) is 0 Å². The Morgan fingerprint density at radius 2 is 1.88 bits per heavy atom. The molecule has 0 radical (unpaired) electrons. The van der Waals surface area contributed by atoms with E-state index in [4.69, 9.17) is 5.11 Å². The van der Waals surface area contributed by atoms with Gasteiger partial charge in [-0.05, 0) is 24.3 Å². The first-order valence-electron chi connectivity index (χ1n) is 4.42. The number of benzene rings is 1. The highest BCUT2D eigenvalue weighted by Gasteiger charge is 2.32. The maximum Gasteiger partial charge on any atom is 0.421 e. The van der Waals surface area contributed by atoms with E-state index in [1.165, 1.54) is 24.3 Å². The number of carbonyl (C=O) groups is 3. The van der Waals surface area contributed by atoms with E-state index in [0.717, 1.165) is 4.90 Å². The van der Waals surface area contributed by atoms with E-state index < -0.39 is 18.0 Å². The molecule has 1 heterocycles. The highest BCUT2D eigenvalue weighted by molar-refractivity contribution is 6.16. The molecular formula is C10H7NO5. The van der Waals surface area contributed by atoms with Crippen molar-refractivity contribution in [1.29, 1.82) is 0 Å². The number of aromatic carboxylic acids is 1. The zero-order valence-electron chi connectivity index (χ0n) is 8.04. The van der Waals surface area contributed by atoms with Gasteiger partial charge >= 0.3 is 12.1 Å². The first-order chi connectivity index (χ1) is 7.59. The second-order valence-electron chi connectivity index (χ2n) is 3.14. The number of rotatable bonds is 2. The van der Waals surface area contributed by atoms with Crippen molar-refractivity contribution in [2.45, 2.75) is 0 Å². The lowest BCUT2D eigenvalue weighted by Gasteiger charge is -2.10. The minimum Gasteiger partial charge on any atom is -0.478 e. The van der Waals surface area contributed by atoms with E-state index in [-0.39, 0.29) is 12.2 Å². The van der Waals surface area contributed by atoms with Crippen molar-refractivity contribution in [2.24, 2.45) is 0 Å². The Balaban J connectivity index is 2.31. The van der Waals surface area contributed by atoms with E-state index in [0.29, 0.717) is 5.69 Å². The molecule has 1 saturated heterocycles. The Morgan fingerprint density at radius 3 is 2.31 bits per heavy atom. The summed E-state index contributed by atoms with van der Waals surface area (Å²) in [6.45, 7) is -0.278. The van der Waals surface area contributed by atoms with Gasteiger partial charge < -0.3 is 9.84 Å². The van der Waals surface area contributed by atoms with Crippen LogP contribution in [0.2, 0.25) is 0 Å². The topological polar surface area (TPSA) is 83.9 Å². The number of carbonyl (C=O) groups excluding carboxylic acids is 2. The van der Waals surface area contributed by atoms with Gasteiger partial charge in [-0.15, -0.1) is 0 Å². The first-order valence-corrected chi connectivity index (χ1v) is 4.42. The number of nitrogens with zero attached hydrogens (tertiary/aromatic N) is 1. The number of anilines is 1. The SMILES string of the molecule is O=C(O)c1ccc(N2C(=O)COC2=O)cc1. The summed E-state index contributed by atoms with van der Waals surface area (Å²) < 4.78 is 4.53. The zero-order chi connectivity index (χ0) is 11.7. The molecule has 6 heteroatoms. The normalized spacial score (nSPS) is 15.1. The van der Waals surface area contributed by atoms with E-state index in [1.807, 2.05) is 0 Å². The second kappa shape index (κ2) is 3.65. The lowest BCUT2D eigenvalue weighted by molar-refractivity contribution is -0.117. The van der Waals surface area contributed by atoms with Crippen molar-refractivity contribution in [2.75, 3.05) is 11.5 Å². The van der Waals surface area contributed by atoms with Crippen LogP contribution in [0.15, 0.2) is 24.3 Å². The lowest BCUT2D eigenvalue weighted by Crippen LogP contribution is -2.28. The number of hydrogen-bond donors (Lipinski definition) is 1. The van der Waals surface area contributed by atoms with Gasteiger partial charge in [-0.25, -0.2) is 14.5 Å². The summed E-state index contributed by atoms with van der Waals surface area (Å²) in [5, 5.41) is 8.67. The van der Waals surface area contributed by atoms with Crippen LogP contribution in [-0.2, 0) is 9.53 Å². The Hall–Kier alpha value is -2.37. The fraction of sp³-hybridized carbons (Fsp3) is 0.100. The Kier molecular flexibility index (Phi) is 2.32. The smallest absolute Gasteiger partial charge is 0.421 e. The van der Waals surface area contributed by atoms with Crippen LogP contribution in [-0.4, -0.2) is 29.7 Å². The number of ether oxygens (including phenoxy) is 1. The molecule has 2 amide bonds. The van der Waals surface area contributed by atoms with Crippen LogP contribution >= 0.6 is 0 Å². The minimum atomic E-state index is -1.07. The second-order valence-corrected chi connectivity index (χ2v) is 3.14. The molecule has 1 aromatic carbocycles. The van der Waals surface area contributed by atoms with Crippen LogP contribution < -0.4 is 4.90 Å². The molecule has 1 fully saturated rings. The molecule has 16 heavy (non-hydrogen) atoms. The highest BCUT2D eigenvalue weighted by Crippen LogP contribution is 2.19.